The second-order valence-electron chi connectivity index (χ2n) is 5.43. The third-order valence-corrected chi connectivity index (χ3v) is 3.83. The number of carbonyl (C=O) groups excluding carboxylic acids is 2. The molecule has 0 aliphatic heterocycles. The Kier molecular flexibility index (Phi) is 4.94. The van der Waals surface area contributed by atoms with Gasteiger partial charge in [-0.1, -0.05) is 15.9 Å². The molecule has 3 rings (SSSR count). The van der Waals surface area contributed by atoms with Gasteiger partial charge in [-0.05, 0) is 38.1 Å². The van der Waals surface area contributed by atoms with Crippen LogP contribution in [0.25, 0.3) is 5.78 Å². The zero-order chi connectivity index (χ0) is 18.8. The third kappa shape index (κ3) is 3.85. The van der Waals surface area contributed by atoms with Crippen LogP contribution >= 0.6 is 15.9 Å². The molecule has 10 heteroatoms. The minimum absolute atomic E-state index is 0.0181. The maximum atomic E-state index is 13.7. The lowest BCUT2D eigenvalue weighted by molar-refractivity contribution is -0.119. The number of fused-ring (bicyclic) bond motifs is 1. The van der Waals surface area contributed by atoms with E-state index in [0.717, 1.165) is 11.4 Å². The highest BCUT2D eigenvalue weighted by Crippen LogP contribution is 2.19. The molecule has 0 saturated heterocycles. The largest absolute Gasteiger partial charge is 0.450 e. The number of carbonyl (C=O) groups is 2. The Hall–Kier alpha value is -2.88. The fraction of sp³-hybridized carbons (Fsp3) is 0.188. The van der Waals surface area contributed by atoms with Gasteiger partial charge in [0.25, 0.3) is 17.5 Å². The highest BCUT2D eigenvalue weighted by atomic mass is 79.9. The van der Waals surface area contributed by atoms with Crippen molar-refractivity contribution in [2.75, 3.05) is 11.9 Å². The Bertz CT molecular complexity index is 1020. The van der Waals surface area contributed by atoms with E-state index >= 15 is 0 Å². The van der Waals surface area contributed by atoms with Crippen molar-refractivity contribution in [2.45, 2.75) is 13.8 Å². The Balaban J connectivity index is 1.65. The van der Waals surface area contributed by atoms with Gasteiger partial charge in [-0.3, -0.25) is 4.79 Å². The molecule has 1 amide bonds. The number of rotatable bonds is 4. The van der Waals surface area contributed by atoms with Gasteiger partial charge < -0.3 is 10.1 Å². The molecule has 1 aromatic carbocycles. The number of aromatic nitrogens is 4. The minimum atomic E-state index is -0.876. The van der Waals surface area contributed by atoms with E-state index in [1.165, 1.54) is 16.6 Å². The second-order valence-corrected chi connectivity index (χ2v) is 6.35. The van der Waals surface area contributed by atoms with Crippen molar-refractivity contribution >= 4 is 39.3 Å². The molecule has 3 aromatic rings. The Morgan fingerprint density at radius 1 is 1.27 bits per heavy atom. The van der Waals surface area contributed by atoms with Crippen LogP contribution in [0.1, 0.15) is 22.0 Å². The number of nitrogens with one attached hydrogen (secondary N) is 1. The molecule has 0 unspecified atom stereocenters. The molecule has 0 spiro atoms. The van der Waals surface area contributed by atoms with Crippen LogP contribution < -0.4 is 5.32 Å². The fourth-order valence-corrected chi connectivity index (χ4v) is 2.56. The number of anilines is 1. The smallest absolute Gasteiger partial charge is 0.378 e. The average molecular weight is 422 g/mol. The van der Waals surface area contributed by atoms with E-state index in [0.29, 0.717) is 4.47 Å². The number of hydrogen-bond donors (Lipinski definition) is 1. The predicted molar refractivity (Wildman–Crippen MR) is 93.3 cm³/mol. The van der Waals surface area contributed by atoms with Crippen LogP contribution in [0.2, 0.25) is 0 Å². The van der Waals surface area contributed by atoms with E-state index in [4.69, 9.17) is 4.74 Å². The maximum Gasteiger partial charge on any atom is 0.378 e. The lowest BCUT2D eigenvalue weighted by Gasteiger charge is -2.06. The number of esters is 1. The molecule has 2 aromatic heterocycles. The Morgan fingerprint density at radius 2 is 2.04 bits per heavy atom. The molecular formula is C16H13BrFN5O3. The summed E-state index contributed by atoms with van der Waals surface area (Å²) >= 11 is 3.12. The van der Waals surface area contributed by atoms with Crippen molar-refractivity contribution in [3.8, 4) is 0 Å². The third-order valence-electron chi connectivity index (χ3n) is 3.34. The van der Waals surface area contributed by atoms with Gasteiger partial charge in [0, 0.05) is 15.9 Å². The Morgan fingerprint density at radius 3 is 2.77 bits per heavy atom. The standard InChI is InChI=1S/C16H13BrFN5O3/c1-8-5-9(2)23-16(19-8)21-14(22-23)15(25)26-7-13(24)20-12-4-3-10(17)6-11(12)18/h3-6H,7H2,1-2H3,(H,20,24). The molecule has 134 valence electrons. The van der Waals surface area contributed by atoms with Gasteiger partial charge in [0.05, 0.1) is 5.69 Å². The highest BCUT2D eigenvalue weighted by Gasteiger charge is 2.18. The number of ether oxygens (including phenoxy) is 1. The molecule has 2 heterocycles. The van der Waals surface area contributed by atoms with E-state index in [1.807, 2.05) is 0 Å². The SMILES string of the molecule is Cc1cc(C)n2nc(C(=O)OCC(=O)Nc3ccc(Br)cc3F)nc2n1. The molecule has 0 aliphatic rings. The van der Waals surface area contributed by atoms with Crippen LogP contribution in [-0.2, 0) is 9.53 Å². The maximum absolute atomic E-state index is 13.7. The number of amides is 1. The van der Waals surface area contributed by atoms with Crippen LogP contribution in [-0.4, -0.2) is 38.1 Å². The summed E-state index contributed by atoms with van der Waals surface area (Å²) in [6, 6.07) is 5.96. The molecular weight excluding hydrogens is 409 g/mol. The summed E-state index contributed by atoms with van der Waals surface area (Å²) in [5.41, 5.74) is 1.47. The molecule has 0 fully saturated rings. The highest BCUT2D eigenvalue weighted by molar-refractivity contribution is 9.10. The molecule has 1 N–H and O–H groups in total. The normalized spacial score (nSPS) is 10.8. The van der Waals surface area contributed by atoms with Gasteiger partial charge in [-0.2, -0.15) is 4.98 Å². The molecule has 8 nitrogen and oxygen atoms in total. The molecule has 0 saturated carbocycles. The van der Waals surface area contributed by atoms with Gasteiger partial charge >= 0.3 is 5.97 Å². The summed E-state index contributed by atoms with van der Waals surface area (Å²) in [6.07, 6.45) is 0. The number of aryl methyl sites for hydroxylation is 2. The number of benzene rings is 1. The van der Waals surface area contributed by atoms with Crippen LogP contribution in [0, 0.1) is 19.7 Å². The minimum Gasteiger partial charge on any atom is -0.450 e. The van der Waals surface area contributed by atoms with Crippen molar-refractivity contribution in [3.63, 3.8) is 0 Å². The first-order valence-corrected chi connectivity index (χ1v) is 8.26. The van der Waals surface area contributed by atoms with E-state index in [2.05, 4.69) is 36.3 Å². The molecule has 0 aliphatic carbocycles. The van der Waals surface area contributed by atoms with E-state index in [9.17, 15) is 14.0 Å². The average Bonchev–Trinajstić information content (AvgIpc) is 2.99. The van der Waals surface area contributed by atoms with E-state index in [1.54, 1.807) is 26.0 Å². The van der Waals surface area contributed by atoms with Gasteiger partial charge in [-0.15, -0.1) is 5.10 Å². The summed E-state index contributed by atoms with van der Waals surface area (Å²) in [4.78, 5) is 32.0. The zero-order valence-corrected chi connectivity index (χ0v) is 15.4. The summed E-state index contributed by atoms with van der Waals surface area (Å²) < 4.78 is 20.5. The van der Waals surface area contributed by atoms with Gasteiger partial charge in [0.15, 0.2) is 6.61 Å². The first kappa shape index (κ1) is 17.9. The molecule has 0 radical (unpaired) electrons. The van der Waals surface area contributed by atoms with Crippen molar-refractivity contribution in [1.82, 2.24) is 19.6 Å². The molecule has 26 heavy (non-hydrogen) atoms. The number of halogens is 2. The van der Waals surface area contributed by atoms with Crippen LogP contribution in [0.4, 0.5) is 10.1 Å². The van der Waals surface area contributed by atoms with Crippen LogP contribution in [0.15, 0.2) is 28.7 Å². The van der Waals surface area contributed by atoms with Gasteiger partial charge in [0.2, 0.25) is 0 Å². The topological polar surface area (TPSA) is 98.5 Å². The number of hydrogen-bond acceptors (Lipinski definition) is 6. The van der Waals surface area contributed by atoms with Crippen LogP contribution in [0.3, 0.4) is 0 Å². The molecule has 0 atom stereocenters. The van der Waals surface area contributed by atoms with E-state index < -0.39 is 24.3 Å². The predicted octanol–water partition coefficient (Wildman–Crippen LogP) is 2.44. The first-order valence-electron chi connectivity index (χ1n) is 7.46. The summed E-state index contributed by atoms with van der Waals surface area (Å²) in [6.45, 7) is 2.99. The first-order chi connectivity index (χ1) is 12.3. The van der Waals surface area contributed by atoms with Crippen LogP contribution in [0.5, 0.6) is 0 Å². The summed E-state index contributed by atoms with van der Waals surface area (Å²) in [5, 5.41) is 6.33. The lowest BCUT2D eigenvalue weighted by atomic mass is 10.3. The van der Waals surface area contributed by atoms with Crippen molar-refractivity contribution in [2.24, 2.45) is 0 Å². The zero-order valence-electron chi connectivity index (χ0n) is 13.8. The van der Waals surface area contributed by atoms with Crippen molar-refractivity contribution in [1.29, 1.82) is 0 Å². The van der Waals surface area contributed by atoms with E-state index in [-0.39, 0.29) is 17.3 Å². The van der Waals surface area contributed by atoms with Crippen molar-refractivity contribution in [3.05, 3.63) is 51.8 Å². The fourth-order valence-electron chi connectivity index (χ4n) is 2.23. The number of nitrogens with zero attached hydrogens (tertiary/aromatic N) is 4. The summed E-state index contributed by atoms with van der Waals surface area (Å²) in [7, 11) is 0. The van der Waals surface area contributed by atoms with Gasteiger partial charge in [0.1, 0.15) is 5.82 Å². The molecule has 0 bridgehead atoms. The van der Waals surface area contributed by atoms with Crippen molar-refractivity contribution < 1.29 is 18.7 Å². The second kappa shape index (κ2) is 7.16. The summed E-state index contributed by atoms with van der Waals surface area (Å²) in [5.74, 6) is -2.13. The Labute approximate surface area is 155 Å². The monoisotopic (exact) mass is 421 g/mol. The van der Waals surface area contributed by atoms with Gasteiger partial charge in [-0.25, -0.2) is 18.7 Å². The quantitative estimate of drug-likeness (QED) is 0.649. The lowest BCUT2D eigenvalue weighted by Crippen LogP contribution is -2.22.